The van der Waals surface area contributed by atoms with Crippen LogP contribution < -0.4 is 5.32 Å². The number of hydrogen-bond acceptors (Lipinski definition) is 6. The molecule has 0 bridgehead atoms. The first-order valence-corrected chi connectivity index (χ1v) is 13.4. The van der Waals surface area contributed by atoms with Gasteiger partial charge in [0.05, 0.1) is 30.3 Å². The van der Waals surface area contributed by atoms with Crippen molar-refractivity contribution in [3.8, 4) is 11.1 Å². The lowest BCUT2D eigenvalue weighted by Gasteiger charge is -2.53. The van der Waals surface area contributed by atoms with Gasteiger partial charge in [0.25, 0.3) is 0 Å². The highest BCUT2D eigenvalue weighted by Gasteiger charge is 2.64. The van der Waals surface area contributed by atoms with Crippen molar-refractivity contribution < 1.29 is 23.5 Å². The molecule has 1 saturated heterocycles. The average molecular weight is 507 g/mol. The van der Waals surface area contributed by atoms with Crippen molar-refractivity contribution in [2.24, 2.45) is 23.7 Å². The molecule has 0 amide bonds. The molecule has 2 aliphatic carbocycles. The van der Waals surface area contributed by atoms with Crippen LogP contribution in [0.5, 0.6) is 0 Å². The van der Waals surface area contributed by atoms with Gasteiger partial charge in [0, 0.05) is 17.7 Å². The third kappa shape index (κ3) is 4.93. The van der Waals surface area contributed by atoms with Crippen LogP contribution in [0.1, 0.15) is 51.6 Å². The van der Waals surface area contributed by atoms with Crippen molar-refractivity contribution in [3.05, 3.63) is 60.2 Å². The summed E-state index contributed by atoms with van der Waals surface area (Å²) >= 11 is 0. The van der Waals surface area contributed by atoms with Crippen molar-refractivity contribution in [2.45, 2.75) is 57.6 Å². The Bertz CT molecular complexity index is 1170. The molecule has 1 aromatic heterocycles. The van der Waals surface area contributed by atoms with Gasteiger partial charge in [-0.25, -0.2) is 4.39 Å². The zero-order chi connectivity index (χ0) is 26.0. The summed E-state index contributed by atoms with van der Waals surface area (Å²) in [5, 5.41) is 3.49. The average Bonchev–Trinajstić information content (AvgIpc) is 3.15. The van der Waals surface area contributed by atoms with E-state index in [1.165, 1.54) is 18.6 Å². The number of pyridine rings is 1. The maximum Gasteiger partial charge on any atom is 0.319 e. The van der Waals surface area contributed by atoms with Crippen LogP contribution in [0.2, 0.25) is 0 Å². The molecule has 5 rings (SSSR count). The lowest BCUT2D eigenvalue weighted by molar-refractivity contribution is -0.145. The van der Waals surface area contributed by atoms with Crippen LogP contribution in [0, 0.1) is 29.5 Å². The molecule has 0 spiro atoms. The Hall–Kier alpha value is -3.06. The van der Waals surface area contributed by atoms with E-state index in [9.17, 15) is 14.0 Å². The van der Waals surface area contributed by atoms with Crippen molar-refractivity contribution in [1.82, 2.24) is 10.3 Å². The first-order chi connectivity index (χ1) is 17.9. The molecule has 1 aliphatic heterocycles. The number of nitrogens with zero attached hydrogens (tertiary/aromatic N) is 1. The fourth-order valence-electron chi connectivity index (χ4n) is 6.95. The number of halogens is 1. The Kier molecular flexibility index (Phi) is 7.43. The highest BCUT2D eigenvalue weighted by molar-refractivity contribution is 5.79. The monoisotopic (exact) mass is 506 g/mol. The van der Waals surface area contributed by atoms with Gasteiger partial charge in [-0.05, 0) is 68.4 Å². The summed E-state index contributed by atoms with van der Waals surface area (Å²) in [4.78, 5) is 30.0. The molecule has 2 aromatic rings. The number of cyclic esters (lactones) is 1. The van der Waals surface area contributed by atoms with E-state index in [-0.39, 0.29) is 42.2 Å². The molecule has 6 atom stereocenters. The number of esters is 2. The maximum absolute atomic E-state index is 13.7. The van der Waals surface area contributed by atoms with Gasteiger partial charge in [0.1, 0.15) is 11.9 Å². The largest absolute Gasteiger partial charge is 0.465 e. The number of nitrogens with one attached hydrogen (secondary N) is 1. The molecule has 7 heteroatoms. The first-order valence-electron chi connectivity index (χ1n) is 13.4. The van der Waals surface area contributed by atoms with Crippen molar-refractivity contribution in [1.29, 1.82) is 0 Å². The van der Waals surface area contributed by atoms with E-state index < -0.39 is 5.54 Å². The second-order valence-electron chi connectivity index (χ2n) is 10.5. The van der Waals surface area contributed by atoms with E-state index in [1.807, 2.05) is 31.2 Å². The molecule has 196 valence electrons. The molecule has 0 radical (unpaired) electrons. The number of carbonyl (C=O) groups excluding carboxylic acids is 2. The number of ether oxygens (including phenoxy) is 2. The van der Waals surface area contributed by atoms with Crippen molar-refractivity contribution in [2.75, 3.05) is 13.2 Å². The van der Waals surface area contributed by atoms with Crippen LogP contribution in [0.4, 0.5) is 4.39 Å². The van der Waals surface area contributed by atoms with Gasteiger partial charge in [-0.15, -0.1) is 0 Å². The molecular weight excluding hydrogens is 471 g/mol. The quantitative estimate of drug-likeness (QED) is 0.522. The minimum Gasteiger partial charge on any atom is -0.465 e. The van der Waals surface area contributed by atoms with Gasteiger partial charge in [-0.3, -0.25) is 19.9 Å². The predicted octanol–water partition coefficient (Wildman–Crippen LogP) is 5.18. The number of rotatable bonds is 7. The second-order valence-corrected chi connectivity index (χ2v) is 10.5. The van der Waals surface area contributed by atoms with E-state index in [4.69, 9.17) is 9.47 Å². The summed E-state index contributed by atoms with van der Waals surface area (Å²) in [5.74, 6) is -0.259. The van der Waals surface area contributed by atoms with Gasteiger partial charge in [0.2, 0.25) is 0 Å². The zero-order valence-electron chi connectivity index (χ0n) is 21.5. The molecule has 37 heavy (non-hydrogen) atoms. The first kappa shape index (κ1) is 25.6. The molecule has 0 unspecified atom stereocenters. The fourth-order valence-corrected chi connectivity index (χ4v) is 6.95. The predicted molar refractivity (Wildman–Crippen MR) is 139 cm³/mol. The molecule has 1 aromatic carbocycles. The topological polar surface area (TPSA) is 77.5 Å². The van der Waals surface area contributed by atoms with Crippen LogP contribution >= 0.6 is 0 Å². The smallest absolute Gasteiger partial charge is 0.319 e. The zero-order valence-corrected chi connectivity index (χ0v) is 21.5. The summed E-state index contributed by atoms with van der Waals surface area (Å²) in [6, 6.07) is 10.3. The molecule has 1 N–H and O–H groups in total. The van der Waals surface area contributed by atoms with Gasteiger partial charge < -0.3 is 9.47 Å². The number of hydrogen-bond donors (Lipinski definition) is 1. The Morgan fingerprint density at radius 2 is 2.08 bits per heavy atom. The van der Waals surface area contributed by atoms with E-state index >= 15 is 0 Å². The summed E-state index contributed by atoms with van der Waals surface area (Å²) in [5.41, 5.74) is 1.73. The van der Waals surface area contributed by atoms with Crippen molar-refractivity contribution >= 4 is 18.0 Å². The Morgan fingerprint density at radius 1 is 1.24 bits per heavy atom. The van der Waals surface area contributed by atoms with Crippen LogP contribution in [0.15, 0.2) is 48.7 Å². The van der Waals surface area contributed by atoms with Crippen LogP contribution in [0.3, 0.4) is 0 Å². The van der Waals surface area contributed by atoms with E-state index in [0.717, 1.165) is 42.5 Å². The van der Waals surface area contributed by atoms with Crippen molar-refractivity contribution in [3.63, 3.8) is 0 Å². The third-order valence-corrected chi connectivity index (χ3v) is 8.61. The summed E-state index contributed by atoms with van der Waals surface area (Å²) < 4.78 is 24.7. The molecular formula is C30H35FN2O4. The maximum atomic E-state index is 13.7. The van der Waals surface area contributed by atoms with E-state index in [0.29, 0.717) is 18.4 Å². The normalized spacial score (nSPS) is 31.0. The summed E-state index contributed by atoms with van der Waals surface area (Å²) in [7, 11) is 0. The van der Waals surface area contributed by atoms with Gasteiger partial charge in [0.15, 0.2) is 0 Å². The SMILES string of the molecule is CCOC(=O)CN[C@]12[C@@H](C)OC(=O)[C@@H]1C[C@H]1CCCC[C@H]1[C@@H]2/C=C/c1ccc(-c2cccc(F)c2)cn1. The third-order valence-electron chi connectivity index (χ3n) is 8.61. The second kappa shape index (κ2) is 10.7. The Morgan fingerprint density at radius 3 is 2.84 bits per heavy atom. The summed E-state index contributed by atoms with van der Waals surface area (Å²) in [6.07, 6.45) is 10.9. The van der Waals surface area contributed by atoms with Gasteiger partial charge >= 0.3 is 11.9 Å². The van der Waals surface area contributed by atoms with Gasteiger partial charge in [-0.2, -0.15) is 0 Å². The fraction of sp³-hybridized carbons (Fsp3) is 0.500. The number of benzene rings is 1. The van der Waals surface area contributed by atoms with Crippen LogP contribution in [-0.4, -0.2) is 41.7 Å². The molecule has 3 aliphatic rings. The van der Waals surface area contributed by atoms with Crippen LogP contribution in [0.25, 0.3) is 17.2 Å². The minimum atomic E-state index is -0.680. The highest BCUT2D eigenvalue weighted by Crippen LogP contribution is 2.55. The molecule has 3 fully saturated rings. The molecule has 2 heterocycles. The highest BCUT2D eigenvalue weighted by atomic mass is 19.1. The van der Waals surface area contributed by atoms with Gasteiger partial charge in [-0.1, -0.05) is 43.5 Å². The lowest BCUT2D eigenvalue weighted by Crippen LogP contribution is -2.66. The number of fused-ring (bicyclic) bond motifs is 2. The summed E-state index contributed by atoms with van der Waals surface area (Å²) in [6.45, 7) is 4.07. The standard InChI is InChI=1S/C30H35FN2O4/c1-3-36-28(34)18-33-30-19(2)37-29(35)27(30)16-21-7-4-5-10-25(21)26(30)14-13-24-12-11-22(17-32-24)20-8-6-9-23(31)15-20/h6,8-9,11-15,17,19,21,25-27,33H,3-5,7,10,16,18H2,1-2H3/b14-13+/t19-,21-,25-,26+,27+,30+/m1/s1. The lowest BCUT2D eigenvalue weighted by atomic mass is 9.53. The Labute approximate surface area is 217 Å². The van der Waals surface area contributed by atoms with E-state index in [1.54, 1.807) is 19.2 Å². The number of aromatic nitrogens is 1. The molecule has 6 nitrogen and oxygen atoms in total. The van der Waals surface area contributed by atoms with E-state index in [2.05, 4.69) is 16.4 Å². The number of carbonyl (C=O) groups is 2. The van der Waals surface area contributed by atoms with Crippen LogP contribution in [-0.2, 0) is 19.1 Å². The minimum absolute atomic E-state index is 0.00266. The Balaban J connectivity index is 1.46. The molecule has 2 saturated carbocycles.